The Morgan fingerprint density at radius 2 is 1.52 bits per heavy atom. The maximum Gasteiger partial charge on any atom is 0.411 e. The van der Waals surface area contributed by atoms with Crippen molar-refractivity contribution in [1.82, 2.24) is 0 Å². The number of carbonyl (C=O) groups excluding carboxylic acids is 2. The van der Waals surface area contributed by atoms with Gasteiger partial charge in [0, 0.05) is 10.0 Å². The molecule has 0 saturated heterocycles. The van der Waals surface area contributed by atoms with Crippen molar-refractivity contribution in [3.8, 4) is 5.75 Å². The van der Waals surface area contributed by atoms with Gasteiger partial charge < -0.3 is 14.6 Å². The zero-order valence-electron chi connectivity index (χ0n) is 10.4. The van der Waals surface area contributed by atoms with E-state index >= 15 is 0 Å². The standard InChI is InChI=1S/C11H4Br2F6O4/c12-3-1-4(8(20)21)6(5(13)2-3)23-9(22)7(10(14,15)16)11(17,18)19/h1-2,7H,(H,20,21)/p-1. The molecule has 0 heterocycles. The lowest BCUT2D eigenvalue weighted by atomic mass is 10.1. The molecule has 23 heavy (non-hydrogen) atoms. The van der Waals surface area contributed by atoms with E-state index in [0.29, 0.717) is 0 Å². The zero-order valence-corrected chi connectivity index (χ0v) is 13.6. The zero-order chi connectivity index (χ0) is 18.2. The van der Waals surface area contributed by atoms with Crippen molar-refractivity contribution >= 4 is 43.8 Å². The highest BCUT2D eigenvalue weighted by molar-refractivity contribution is 9.11. The summed E-state index contributed by atoms with van der Waals surface area (Å²) >= 11 is 5.54. The van der Waals surface area contributed by atoms with Crippen LogP contribution >= 0.6 is 31.9 Å². The number of ether oxygens (including phenoxy) is 1. The van der Waals surface area contributed by atoms with E-state index in [0.717, 1.165) is 12.1 Å². The van der Waals surface area contributed by atoms with Crippen molar-refractivity contribution in [2.24, 2.45) is 5.92 Å². The topological polar surface area (TPSA) is 66.4 Å². The second kappa shape index (κ2) is 6.67. The SMILES string of the molecule is O=C([O-])c1cc(Br)cc(Br)c1OC(=O)C(C(F)(F)F)C(F)(F)F. The number of carboxylic acid groups (broad SMARTS) is 1. The molecular formula is C11H3Br2F6O4-. The molecule has 4 nitrogen and oxygen atoms in total. The Bertz CT molecular complexity index is 627. The van der Waals surface area contributed by atoms with Crippen LogP contribution in [0.5, 0.6) is 5.75 Å². The number of hydrogen-bond acceptors (Lipinski definition) is 4. The van der Waals surface area contributed by atoms with Gasteiger partial charge in [0.05, 0.1) is 10.4 Å². The van der Waals surface area contributed by atoms with Gasteiger partial charge in [-0.3, -0.25) is 4.79 Å². The average molecular weight is 473 g/mol. The number of carboxylic acids is 1. The largest absolute Gasteiger partial charge is 0.545 e. The Morgan fingerprint density at radius 1 is 1.04 bits per heavy atom. The van der Waals surface area contributed by atoms with Crippen LogP contribution in [0, 0.1) is 5.92 Å². The van der Waals surface area contributed by atoms with Gasteiger partial charge in [-0.2, -0.15) is 26.3 Å². The minimum atomic E-state index is -5.96. The molecule has 0 aliphatic heterocycles. The highest BCUT2D eigenvalue weighted by Crippen LogP contribution is 2.41. The third-order valence-electron chi connectivity index (χ3n) is 2.32. The molecule has 0 bridgehead atoms. The van der Waals surface area contributed by atoms with E-state index < -0.39 is 41.5 Å². The molecule has 128 valence electrons. The number of halogens is 8. The van der Waals surface area contributed by atoms with Crippen LogP contribution in [0.15, 0.2) is 21.1 Å². The number of aromatic carboxylic acids is 1. The molecule has 1 rings (SSSR count). The van der Waals surface area contributed by atoms with Gasteiger partial charge in [0.15, 0.2) is 5.75 Å². The van der Waals surface area contributed by atoms with Crippen LogP contribution in [-0.4, -0.2) is 24.3 Å². The summed E-state index contributed by atoms with van der Waals surface area (Å²) in [4.78, 5) is 22.2. The Labute approximate surface area is 140 Å². The molecule has 0 saturated carbocycles. The fourth-order valence-electron chi connectivity index (χ4n) is 1.43. The Morgan fingerprint density at radius 3 is 1.91 bits per heavy atom. The van der Waals surface area contributed by atoms with Crippen LogP contribution in [0.3, 0.4) is 0 Å². The minimum Gasteiger partial charge on any atom is -0.545 e. The van der Waals surface area contributed by atoms with E-state index in [2.05, 4.69) is 36.6 Å². The summed E-state index contributed by atoms with van der Waals surface area (Å²) in [6.07, 6.45) is -11.9. The first-order valence-electron chi connectivity index (χ1n) is 5.30. The van der Waals surface area contributed by atoms with Crippen molar-refractivity contribution in [2.45, 2.75) is 12.4 Å². The van der Waals surface area contributed by atoms with Crippen LogP contribution < -0.4 is 9.84 Å². The van der Waals surface area contributed by atoms with Crippen molar-refractivity contribution in [3.05, 3.63) is 26.6 Å². The fourth-order valence-corrected chi connectivity index (χ4v) is 2.73. The molecule has 1 aromatic rings. The van der Waals surface area contributed by atoms with Gasteiger partial charge in [-0.25, -0.2) is 0 Å². The lowest BCUT2D eigenvalue weighted by molar-refractivity contribution is -0.279. The van der Waals surface area contributed by atoms with Crippen molar-refractivity contribution in [3.63, 3.8) is 0 Å². The summed E-state index contributed by atoms with van der Waals surface area (Å²) < 4.78 is 78.3. The number of benzene rings is 1. The molecule has 0 unspecified atom stereocenters. The van der Waals surface area contributed by atoms with Crippen molar-refractivity contribution in [1.29, 1.82) is 0 Å². The monoisotopic (exact) mass is 471 g/mol. The summed E-state index contributed by atoms with van der Waals surface area (Å²) in [6, 6.07) is 1.85. The molecule has 0 N–H and O–H groups in total. The van der Waals surface area contributed by atoms with Gasteiger partial charge in [0.2, 0.25) is 5.92 Å². The van der Waals surface area contributed by atoms with Gasteiger partial charge in [-0.15, -0.1) is 0 Å². The molecule has 0 fully saturated rings. The van der Waals surface area contributed by atoms with Crippen LogP contribution in [0.1, 0.15) is 10.4 Å². The lowest BCUT2D eigenvalue weighted by Gasteiger charge is -2.22. The highest BCUT2D eigenvalue weighted by Gasteiger charge is 2.62. The summed E-state index contributed by atoms with van der Waals surface area (Å²) in [5, 5.41) is 10.9. The summed E-state index contributed by atoms with van der Waals surface area (Å²) in [6.45, 7) is 0. The maximum absolute atomic E-state index is 12.4. The van der Waals surface area contributed by atoms with Crippen LogP contribution in [-0.2, 0) is 4.79 Å². The number of hydrogen-bond donors (Lipinski definition) is 0. The summed E-state index contributed by atoms with van der Waals surface area (Å²) in [5.74, 6) is -10.1. The first-order chi connectivity index (χ1) is 10.2. The molecule has 0 radical (unpaired) electrons. The summed E-state index contributed by atoms with van der Waals surface area (Å²) in [5.41, 5.74) is -0.914. The van der Waals surface area contributed by atoms with Crippen LogP contribution in [0.25, 0.3) is 0 Å². The lowest BCUT2D eigenvalue weighted by Crippen LogP contribution is -2.44. The van der Waals surface area contributed by atoms with E-state index in [1.807, 2.05) is 0 Å². The Kier molecular flexibility index (Phi) is 5.73. The van der Waals surface area contributed by atoms with Crippen molar-refractivity contribution < 1.29 is 45.8 Å². The molecule has 0 atom stereocenters. The minimum absolute atomic E-state index is 0.103. The highest BCUT2D eigenvalue weighted by atomic mass is 79.9. The molecule has 0 aliphatic rings. The van der Waals surface area contributed by atoms with Crippen LogP contribution in [0.2, 0.25) is 0 Å². The van der Waals surface area contributed by atoms with Gasteiger partial charge in [0.25, 0.3) is 0 Å². The molecule has 0 spiro atoms. The third-order valence-corrected chi connectivity index (χ3v) is 3.37. The Balaban J connectivity index is 3.31. The third kappa shape index (κ3) is 4.83. The predicted octanol–water partition coefficient (Wildman–Crippen LogP) is 3.22. The molecule has 0 aromatic heterocycles. The number of carbonyl (C=O) groups is 2. The molecule has 0 amide bonds. The second-order valence-electron chi connectivity index (χ2n) is 3.99. The normalized spacial score (nSPS) is 12.4. The molecule has 12 heteroatoms. The average Bonchev–Trinajstić information content (AvgIpc) is 2.27. The smallest absolute Gasteiger partial charge is 0.411 e. The van der Waals surface area contributed by atoms with E-state index in [1.165, 1.54) is 0 Å². The van der Waals surface area contributed by atoms with E-state index in [4.69, 9.17) is 0 Å². The van der Waals surface area contributed by atoms with Crippen molar-refractivity contribution in [2.75, 3.05) is 0 Å². The molecule has 0 aliphatic carbocycles. The maximum atomic E-state index is 12.4. The van der Waals surface area contributed by atoms with Crippen LogP contribution in [0.4, 0.5) is 26.3 Å². The second-order valence-corrected chi connectivity index (χ2v) is 5.76. The number of esters is 1. The number of alkyl halides is 6. The van der Waals surface area contributed by atoms with Gasteiger partial charge >= 0.3 is 18.3 Å². The molecule has 1 aromatic carbocycles. The fraction of sp³-hybridized carbons (Fsp3) is 0.273. The van der Waals surface area contributed by atoms with E-state index in [9.17, 15) is 41.0 Å². The van der Waals surface area contributed by atoms with Gasteiger partial charge in [-0.05, 0) is 28.1 Å². The molecular weight excluding hydrogens is 470 g/mol. The van der Waals surface area contributed by atoms with E-state index in [-0.39, 0.29) is 8.95 Å². The predicted molar refractivity (Wildman–Crippen MR) is 67.4 cm³/mol. The first-order valence-corrected chi connectivity index (χ1v) is 6.89. The number of rotatable bonds is 3. The Hall–Kier alpha value is -1.30. The quantitative estimate of drug-likeness (QED) is 0.385. The first kappa shape index (κ1) is 19.7. The van der Waals surface area contributed by atoms with Gasteiger partial charge in [-0.1, -0.05) is 15.9 Å². The van der Waals surface area contributed by atoms with Gasteiger partial charge in [0.1, 0.15) is 0 Å². The summed E-state index contributed by atoms with van der Waals surface area (Å²) in [7, 11) is 0. The van der Waals surface area contributed by atoms with E-state index in [1.54, 1.807) is 0 Å².